The number of imide groups is 1. The Morgan fingerprint density at radius 3 is 1.92 bits per heavy atom. The van der Waals surface area contributed by atoms with Crippen molar-refractivity contribution < 1.29 is 19.5 Å². The van der Waals surface area contributed by atoms with Gasteiger partial charge in [-0.3, -0.25) is 39.2 Å². The summed E-state index contributed by atoms with van der Waals surface area (Å²) in [7, 11) is 0. The topological polar surface area (TPSA) is 129 Å². The standard InChI is InChI=1S/C41H32N6O4/c1-3-5-26(22-42-2)30-17-31(27-6-4-11-45-23-27)21-33(20-30)47-40(50)36-34-35(37(36)41(47)51)39(49)46(38(34)48)32-18-28(24-7-12-43-13-8-24)16-29(19-32)25-9-14-44-15-10-25/h3-23,34-38,48H,2H2,1H3/b5-3-,26-22+. The number of aliphatic hydroxyl groups excluding tert-OH is 1. The van der Waals surface area contributed by atoms with Gasteiger partial charge < -0.3 is 5.11 Å². The van der Waals surface area contributed by atoms with E-state index in [1.807, 2.05) is 79.7 Å². The summed E-state index contributed by atoms with van der Waals surface area (Å²) in [6.45, 7) is 5.49. The molecule has 10 nitrogen and oxygen atoms in total. The highest BCUT2D eigenvalue weighted by Crippen LogP contribution is 2.59. The van der Waals surface area contributed by atoms with E-state index >= 15 is 0 Å². The van der Waals surface area contributed by atoms with Crippen LogP contribution in [-0.2, 0) is 14.4 Å². The number of aliphatic imine (C=N–C) groups is 1. The fourth-order valence-electron chi connectivity index (χ4n) is 7.77. The first-order valence-corrected chi connectivity index (χ1v) is 16.6. The number of amides is 3. The molecule has 0 radical (unpaired) electrons. The summed E-state index contributed by atoms with van der Waals surface area (Å²) < 4.78 is 0. The Balaban J connectivity index is 1.16. The van der Waals surface area contributed by atoms with Gasteiger partial charge in [0.1, 0.15) is 6.23 Å². The van der Waals surface area contributed by atoms with Crippen molar-refractivity contribution in [3.05, 3.63) is 134 Å². The summed E-state index contributed by atoms with van der Waals surface area (Å²) in [4.78, 5) is 61.8. The zero-order valence-corrected chi connectivity index (χ0v) is 27.6. The van der Waals surface area contributed by atoms with Crippen LogP contribution in [0.5, 0.6) is 0 Å². The Morgan fingerprint density at radius 1 is 0.706 bits per heavy atom. The highest BCUT2D eigenvalue weighted by atomic mass is 16.3. The van der Waals surface area contributed by atoms with E-state index in [1.54, 1.807) is 55.5 Å². The lowest BCUT2D eigenvalue weighted by atomic mass is 9.58. The van der Waals surface area contributed by atoms with Gasteiger partial charge in [-0.25, -0.2) is 4.90 Å². The normalized spacial score (nSPS) is 22.7. The lowest BCUT2D eigenvalue weighted by Crippen LogP contribution is -2.51. The van der Waals surface area contributed by atoms with Gasteiger partial charge in [0.15, 0.2) is 0 Å². The Kier molecular flexibility index (Phi) is 8.00. The van der Waals surface area contributed by atoms with Crippen molar-refractivity contribution in [3.63, 3.8) is 0 Å². The zero-order valence-electron chi connectivity index (χ0n) is 27.6. The predicted molar refractivity (Wildman–Crippen MR) is 195 cm³/mol. The van der Waals surface area contributed by atoms with Crippen LogP contribution < -0.4 is 9.80 Å². The zero-order chi connectivity index (χ0) is 35.2. The number of hydrogen-bond donors (Lipinski definition) is 1. The van der Waals surface area contributed by atoms with Gasteiger partial charge in [0.05, 0.1) is 23.4 Å². The Morgan fingerprint density at radius 2 is 1.31 bits per heavy atom. The van der Waals surface area contributed by atoms with E-state index in [-0.39, 0.29) is 5.91 Å². The van der Waals surface area contributed by atoms with Crippen molar-refractivity contribution in [2.24, 2.45) is 28.7 Å². The third kappa shape index (κ3) is 5.28. The molecular formula is C41H32N6O4. The van der Waals surface area contributed by atoms with Crippen LogP contribution in [-0.4, -0.2) is 50.7 Å². The van der Waals surface area contributed by atoms with Crippen LogP contribution in [0, 0.1) is 23.7 Å². The van der Waals surface area contributed by atoms with E-state index in [4.69, 9.17) is 0 Å². The van der Waals surface area contributed by atoms with Gasteiger partial charge in [0.25, 0.3) is 0 Å². The summed E-state index contributed by atoms with van der Waals surface area (Å²) in [6.07, 6.45) is 14.2. The monoisotopic (exact) mass is 672 g/mol. The van der Waals surface area contributed by atoms with Crippen molar-refractivity contribution >= 4 is 41.4 Å². The lowest BCUT2D eigenvalue weighted by molar-refractivity contribution is -0.145. The van der Waals surface area contributed by atoms with Gasteiger partial charge in [0, 0.05) is 60.5 Å². The molecule has 0 bridgehead atoms. The largest absolute Gasteiger partial charge is 0.373 e. The van der Waals surface area contributed by atoms with Crippen LogP contribution in [0.3, 0.4) is 0 Å². The molecule has 3 amide bonds. The van der Waals surface area contributed by atoms with E-state index < -0.39 is 41.7 Å². The molecule has 2 aromatic carbocycles. The molecule has 1 N–H and O–H groups in total. The second-order valence-electron chi connectivity index (χ2n) is 12.8. The summed E-state index contributed by atoms with van der Waals surface area (Å²) in [5.41, 5.74) is 7.26. The Hall–Kier alpha value is -6.39. The summed E-state index contributed by atoms with van der Waals surface area (Å²) >= 11 is 0. The van der Waals surface area contributed by atoms with E-state index in [2.05, 4.69) is 26.7 Å². The maximum absolute atomic E-state index is 14.3. The average molecular weight is 673 g/mol. The number of hydrogen-bond acceptors (Lipinski definition) is 8. The Bertz CT molecular complexity index is 2200. The number of aromatic nitrogens is 3. The third-order valence-electron chi connectivity index (χ3n) is 10.0. The molecular weight excluding hydrogens is 640 g/mol. The molecule has 1 saturated carbocycles. The fourth-order valence-corrected chi connectivity index (χ4v) is 7.77. The number of pyridine rings is 3. The molecule has 5 unspecified atom stereocenters. The number of nitrogens with zero attached hydrogens (tertiary/aromatic N) is 6. The molecule has 3 fully saturated rings. The van der Waals surface area contributed by atoms with Crippen molar-refractivity contribution in [3.8, 4) is 33.4 Å². The van der Waals surface area contributed by atoms with Crippen LogP contribution in [0.25, 0.3) is 39.0 Å². The first-order chi connectivity index (χ1) is 24.9. The Labute approximate surface area is 294 Å². The molecule has 2 aliphatic heterocycles. The third-order valence-corrected chi connectivity index (χ3v) is 10.0. The molecule has 3 aliphatic rings. The maximum atomic E-state index is 14.3. The summed E-state index contributed by atoms with van der Waals surface area (Å²) in [5.74, 6) is -4.60. The number of benzene rings is 2. The highest BCUT2D eigenvalue weighted by Gasteiger charge is 2.73. The van der Waals surface area contributed by atoms with Gasteiger partial charge >= 0.3 is 0 Å². The van der Waals surface area contributed by atoms with E-state index in [0.29, 0.717) is 11.4 Å². The van der Waals surface area contributed by atoms with E-state index in [9.17, 15) is 19.5 Å². The van der Waals surface area contributed by atoms with Crippen LogP contribution in [0.15, 0.2) is 133 Å². The molecule has 10 heteroatoms. The first kappa shape index (κ1) is 31.9. The predicted octanol–water partition coefficient (Wildman–Crippen LogP) is 6.21. The average Bonchev–Trinajstić information content (AvgIpc) is 3.49. The van der Waals surface area contributed by atoms with Crippen molar-refractivity contribution in [1.29, 1.82) is 0 Å². The molecule has 3 aromatic heterocycles. The number of fused-ring (bicyclic) bond motifs is 4. The van der Waals surface area contributed by atoms with Crippen LogP contribution in [0.2, 0.25) is 0 Å². The van der Waals surface area contributed by atoms with Gasteiger partial charge in [-0.15, -0.1) is 0 Å². The minimum Gasteiger partial charge on any atom is -0.373 e. The van der Waals surface area contributed by atoms with Gasteiger partial charge in [-0.1, -0.05) is 18.2 Å². The highest BCUT2D eigenvalue weighted by molar-refractivity contribution is 6.25. The van der Waals surface area contributed by atoms with Crippen LogP contribution in [0.4, 0.5) is 11.4 Å². The molecule has 250 valence electrons. The van der Waals surface area contributed by atoms with Crippen molar-refractivity contribution in [2.45, 2.75) is 13.2 Å². The molecule has 51 heavy (non-hydrogen) atoms. The first-order valence-electron chi connectivity index (χ1n) is 16.6. The van der Waals surface area contributed by atoms with Gasteiger partial charge in [-0.05, 0) is 119 Å². The number of rotatable bonds is 8. The van der Waals surface area contributed by atoms with Gasteiger partial charge in [0.2, 0.25) is 17.7 Å². The maximum Gasteiger partial charge on any atom is 0.238 e. The number of anilines is 2. The van der Waals surface area contributed by atoms with Gasteiger partial charge in [-0.2, -0.15) is 0 Å². The van der Waals surface area contributed by atoms with Crippen molar-refractivity contribution in [1.82, 2.24) is 15.0 Å². The lowest BCUT2D eigenvalue weighted by Gasteiger charge is -2.39. The summed E-state index contributed by atoms with van der Waals surface area (Å²) in [5, 5.41) is 11.8. The smallest absolute Gasteiger partial charge is 0.238 e. The molecule has 8 rings (SSSR count). The van der Waals surface area contributed by atoms with E-state index in [1.165, 1.54) is 9.80 Å². The summed E-state index contributed by atoms with van der Waals surface area (Å²) in [6, 6.07) is 22.4. The minimum atomic E-state index is -1.31. The molecule has 5 aromatic rings. The number of carbonyl (C=O) groups excluding carboxylic acids is 3. The number of carbonyl (C=O) groups is 3. The molecule has 1 aliphatic carbocycles. The van der Waals surface area contributed by atoms with Crippen molar-refractivity contribution in [2.75, 3.05) is 9.80 Å². The van der Waals surface area contributed by atoms with E-state index in [0.717, 1.165) is 44.5 Å². The molecule has 5 heterocycles. The SMILES string of the molecule is C=N/C=C(\C=C/C)c1cc(-c2cccnc2)cc(N2C(=O)C3C(C2=O)C2C3C(=O)N(c3cc(-c4ccncc4)cc(-c4ccncc4)c3)C2O)c1. The second-order valence-corrected chi connectivity index (χ2v) is 12.8. The molecule has 2 saturated heterocycles. The minimum absolute atomic E-state index is 0.374. The van der Waals surface area contributed by atoms with Crippen LogP contribution in [0.1, 0.15) is 12.5 Å². The fraction of sp³-hybridized carbons (Fsp3) is 0.146. The van der Waals surface area contributed by atoms with Crippen LogP contribution >= 0.6 is 0 Å². The number of aliphatic hydroxyl groups is 1. The number of allylic oxidation sites excluding steroid dienone is 3. The molecule has 0 spiro atoms. The second kappa shape index (κ2) is 12.8. The quantitative estimate of drug-likeness (QED) is 0.118. The molecule has 5 atom stereocenters.